The van der Waals surface area contributed by atoms with Crippen molar-refractivity contribution in [3.8, 4) is 0 Å². The van der Waals surface area contributed by atoms with E-state index < -0.39 is 6.03 Å². The van der Waals surface area contributed by atoms with E-state index in [1.54, 1.807) is 12.1 Å². The van der Waals surface area contributed by atoms with Gasteiger partial charge in [-0.3, -0.25) is 9.80 Å². The fourth-order valence-electron chi connectivity index (χ4n) is 1.72. The Bertz CT molecular complexity index is 462. The quantitative estimate of drug-likeness (QED) is 0.759. The normalized spacial score (nSPS) is 10.0. The van der Waals surface area contributed by atoms with Gasteiger partial charge in [0.15, 0.2) is 0 Å². The summed E-state index contributed by atoms with van der Waals surface area (Å²) >= 11 is 3.34. The number of amides is 3. The number of hydrogen-bond acceptors (Lipinski definition) is 2. The van der Waals surface area contributed by atoms with Crippen molar-refractivity contribution in [2.75, 3.05) is 11.9 Å². The second-order valence-corrected chi connectivity index (χ2v) is 5.64. The molecule has 0 aromatic heterocycles. The standard InChI is InChI=1S/C15H22BrN3O2/c1-3-5-11-19(14(20)6-4-2)18-15(21)17-13-9-7-12(16)8-10-13/h7-10H,3-6,11H2,1-2H3,(H2,17,18,21). The van der Waals surface area contributed by atoms with Crippen molar-refractivity contribution in [2.45, 2.75) is 39.5 Å². The predicted octanol–water partition coefficient (Wildman–Crippen LogP) is 3.91. The monoisotopic (exact) mass is 355 g/mol. The average Bonchev–Trinajstić information content (AvgIpc) is 2.46. The summed E-state index contributed by atoms with van der Waals surface area (Å²) in [6, 6.07) is 6.85. The van der Waals surface area contributed by atoms with Crippen molar-refractivity contribution < 1.29 is 9.59 Å². The Morgan fingerprint density at radius 3 is 2.38 bits per heavy atom. The van der Waals surface area contributed by atoms with E-state index in [-0.39, 0.29) is 5.91 Å². The fraction of sp³-hybridized carbons (Fsp3) is 0.467. The van der Waals surface area contributed by atoms with Gasteiger partial charge < -0.3 is 5.32 Å². The summed E-state index contributed by atoms with van der Waals surface area (Å²) in [5.41, 5.74) is 3.30. The van der Waals surface area contributed by atoms with Crippen LogP contribution in [0, 0.1) is 0 Å². The Labute approximate surface area is 134 Å². The minimum Gasteiger partial charge on any atom is -0.307 e. The number of nitrogens with zero attached hydrogens (tertiary/aromatic N) is 1. The number of hydrazine groups is 1. The van der Waals surface area contributed by atoms with Crippen LogP contribution in [0.15, 0.2) is 28.7 Å². The lowest BCUT2D eigenvalue weighted by molar-refractivity contribution is -0.133. The second kappa shape index (κ2) is 9.39. The molecule has 0 saturated heterocycles. The third-order valence-electron chi connectivity index (χ3n) is 2.84. The van der Waals surface area contributed by atoms with Gasteiger partial charge in [0, 0.05) is 23.1 Å². The van der Waals surface area contributed by atoms with Crippen LogP contribution < -0.4 is 10.7 Å². The minimum atomic E-state index is -0.405. The van der Waals surface area contributed by atoms with E-state index in [1.165, 1.54) is 5.01 Å². The molecule has 0 spiro atoms. The third kappa shape index (κ3) is 6.62. The molecule has 0 bridgehead atoms. The zero-order valence-electron chi connectivity index (χ0n) is 12.5. The second-order valence-electron chi connectivity index (χ2n) is 4.72. The Hall–Kier alpha value is -1.56. The molecule has 21 heavy (non-hydrogen) atoms. The number of urea groups is 1. The minimum absolute atomic E-state index is 0.0584. The number of nitrogens with one attached hydrogen (secondary N) is 2. The number of hydrogen-bond donors (Lipinski definition) is 2. The van der Waals surface area contributed by atoms with Gasteiger partial charge in [-0.15, -0.1) is 0 Å². The number of carbonyl (C=O) groups is 2. The van der Waals surface area contributed by atoms with Gasteiger partial charge in [-0.1, -0.05) is 36.2 Å². The van der Waals surface area contributed by atoms with Crippen LogP contribution in [-0.2, 0) is 4.79 Å². The maximum Gasteiger partial charge on any atom is 0.338 e. The van der Waals surface area contributed by atoms with E-state index in [0.29, 0.717) is 18.7 Å². The number of halogens is 1. The molecule has 2 N–H and O–H groups in total. The summed E-state index contributed by atoms with van der Waals surface area (Å²) in [4.78, 5) is 23.9. The highest BCUT2D eigenvalue weighted by molar-refractivity contribution is 9.10. The number of rotatable bonds is 6. The van der Waals surface area contributed by atoms with Crippen LogP contribution in [0.4, 0.5) is 10.5 Å². The molecule has 3 amide bonds. The summed E-state index contributed by atoms with van der Waals surface area (Å²) in [7, 11) is 0. The third-order valence-corrected chi connectivity index (χ3v) is 3.37. The molecule has 0 heterocycles. The molecule has 0 aliphatic rings. The van der Waals surface area contributed by atoms with Crippen molar-refractivity contribution in [3.63, 3.8) is 0 Å². The van der Waals surface area contributed by atoms with E-state index >= 15 is 0 Å². The Morgan fingerprint density at radius 1 is 1.14 bits per heavy atom. The molecule has 0 radical (unpaired) electrons. The van der Waals surface area contributed by atoms with Crippen LogP contribution in [0.3, 0.4) is 0 Å². The highest BCUT2D eigenvalue weighted by Crippen LogP contribution is 2.13. The number of benzene rings is 1. The van der Waals surface area contributed by atoms with Crippen molar-refractivity contribution in [3.05, 3.63) is 28.7 Å². The van der Waals surface area contributed by atoms with Crippen LogP contribution in [0.2, 0.25) is 0 Å². The molecule has 0 fully saturated rings. The maximum absolute atomic E-state index is 12.0. The molecule has 0 atom stereocenters. The highest BCUT2D eigenvalue weighted by atomic mass is 79.9. The summed E-state index contributed by atoms with van der Waals surface area (Å²) in [5.74, 6) is -0.0584. The first-order valence-electron chi connectivity index (χ1n) is 7.20. The van der Waals surface area contributed by atoms with Gasteiger partial charge in [0.05, 0.1) is 0 Å². The van der Waals surface area contributed by atoms with Crippen molar-refractivity contribution >= 4 is 33.6 Å². The summed E-state index contributed by atoms with van der Waals surface area (Å²) < 4.78 is 0.941. The lowest BCUT2D eigenvalue weighted by Crippen LogP contribution is -2.48. The molecule has 0 aliphatic carbocycles. The fourth-order valence-corrected chi connectivity index (χ4v) is 1.99. The first-order chi connectivity index (χ1) is 10.1. The molecule has 0 saturated carbocycles. The molecular formula is C15H22BrN3O2. The highest BCUT2D eigenvalue weighted by Gasteiger charge is 2.14. The molecule has 1 rings (SSSR count). The van der Waals surface area contributed by atoms with Gasteiger partial charge in [0.1, 0.15) is 0 Å². The molecule has 1 aromatic rings. The van der Waals surface area contributed by atoms with Crippen molar-refractivity contribution in [1.82, 2.24) is 10.4 Å². The van der Waals surface area contributed by atoms with Crippen LogP contribution in [-0.4, -0.2) is 23.5 Å². The van der Waals surface area contributed by atoms with Gasteiger partial charge in [0.2, 0.25) is 5.91 Å². The first kappa shape index (κ1) is 17.5. The molecule has 6 heteroatoms. The van der Waals surface area contributed by atoms with E-state index in [2.05, 4.69) is 26.7 Å². The van der Waals surface area contributed by atoms with Crippen molar-refractivity contribution in [1.29, 1.82) is 0 Å². The van der Waals surface area contributed by atoms with Crippen LogP contribution in [0.25, 0.3) is 0 Å². The van der Waals surface area contributed by atoms with Crippen LogP contribution >= 0.6 is 15.9 Å². The van der Waals surface area contributed by atoms with Gasteiger partial charge in [-0.05, 0) is 37.1 Å². The Balaban J connectivity index is 2.57. The van der Waals surface area contributed by atoms with E-state index in [0.717, 1.165) is 23.7 Å². The lowest BCUT2D eigenvalue weighted by atomic mass is 10.3. The van der Waals surface area contributed by atoms with Gasteiger partial charge >= 0.3 is 6.03 Å². The summed E-state index contributed by atoms with van der Waals surface area (Å²) in [6.45, 7) is 4.52. The van der Waals surface area contributed by atoms with E-state index in [4.69, 9.17) is 0 Å². The Kier molecular flexibility index (Phi) is 7.82. The summed E-state index contributed by atoms with van der Waals surface area (Å²) in [6.07, 6.45) is 3.01. The molecule has 1 aromatic carbocycles. The molecule has 0 unspecified atom stereocenters. The zero-order valence-corrected chi connectivity index (χ0v) is 14.1. The molecule has 116 valence electrons. The van der Waals surface area contributed by atoms with Crippen LogP contribution in [0.5, 0.6) is 0 Å². The van der Waals surface area contributed by atoms with Crippen molar-refractivity contribution in [2.24, 2.45) is 0 Å². The van der Waals surface area contributed by atoms with E-state index in [1.807, 2.05) is 26.0 Å². The number of unbranched alkanes of at least 4 members (excludes halogenated alkanes) is 1. The lowest BCUT2D eigenvalue weighted by Gasteiger charge is -2.23. The predicted molar refractivity (Wildman–Crippen MR) is 87.8 cm³/mol. The SMILES string of the molecule is CCCCN(NC(=O)Nc1ccc(Br)cc1)C(=O)CCC. The molecule has 5 nitrogen and oxygen atoms in total. The Morgan fingerprint density at radius 2 is 1.81 bits per heavy atom. The topological polar surface area (TPSA) is 61.4 Å². The van der Waals surface area contributed by atoms with Gasteiger partial charge in [-0.25, -0.2) is 10.2 Å². The van der Waals surface area contributed by atoms with E-state index in [9.17, 15) is 9.59 Å². The zero-order chi connectivity index (χ0) is 15.7. The number of carbonyl (C=O) groups excluding carboxylic acids is 2. The molecule has 0 aliphatic heterocycles. The smallest absolute Gasteiger partial charge is 0.307 e. The summed E-state index contributed by atoms with van der Waals surface area (Å²) in [5, 5.41) is 4.11. The van der Waals surface area contributed by atoms with Gasteiger partial charge in [-0.2, -0.15) is 0 Å². The number of anilines is 1. The largest absolute Gasteiger partial charge is 0.338 e. The molecular weight excluding hydrogens is 334 g/mol. The maximum atomic E-state index is 12.0. The van der Waals surface area contributed by atoms with Gasteiger partial charge in [0.25, 0.3) is 0 Å². The first-order valence-corrected chi connectivity index (χ1v) is 7.99. The van der Waals surface area contributed by atoms with Crippen LogP contribution in [0.1, 0.15) is 39.5 Å². The average molecular weight is 356 g/mol.